The summed E-state index contributed by atoms with van der Waals surface area (Å²) in [6.45, 7) is 3.08. The molecule has 0 bridgehead atoms. The Morgan fingerprint density at radius 2 is 2.00 bits per heavy atom. The molecule has 9 heteroatoms. The van der Waals surface area contributed by atoms with Crippen molar-refractivity contribution in [1.82, 2.24) is 9.46 Å². The number of primary amides is 1. The number of carbonyl (C=O) groups is 1. The van der Waals surface area contributed by atoms with Crippen molar-refractivity contribution >= 4 is 15.9 Å². The second-order valence-electron chi connectivity index (χ2n) is 5.93. The first-order valence-electron chi connectivity index (χ1n) is 7.76. The van der Waals surface area contributed by atoms with Gasteiger partial charge in [0.1, 0.15) is 28.5 Å². The summed E-state index contributed by atoms with van der Waals surface area (Å²) in [7, 11) is -3.98. The highest BCUT2D eigenvalue weighted by Crippen LogP contribution is 2.31. The van der Waals surface area contributed by atoms with E-state index in [2.05, 4.69) is 5.16 Å². The molecule has 0 radical (unpaired) electrons. The molecule has 134 valence electrons. The highest BCUT2D eigenvalue weighted by atomic mass is 32.2. The zero-order chi connectivity index (χ0) is 18.2. The summed E-state index contributed by atoms with van der Waals surface area (Å²) in [6.07, 6.45) is -0.289. The Bertz CT molecular complexity index is 859. The third kappa shape index (κ3) is 3.24. The molecule has 0 saturated carbocycles. The van der Waals surface area contributed by atoms with Gasteiger partial charge in [-0.1, -0.05) is 23.4 Å². The van der Waals surface area contributed by atoms with Crippen LogP contribution < -0.4 is 10.5 Å². The Hall–Kier alpha value is -2.39. The fourth-order valence-corrected chi connectivity index (χ4v) is 4.96. The van der Waals surface area contributed by atoms with E-state index in [9.17, 15) is 13.2 Å². The second-order valence-corrected chi connectivity index (χ2v) is 7.76. The number of hydrogen-bond donors (Lipinski definition) is 1. The van der Waals surface area contributed by atoms with Crippen molar-refractivity contribution in [3.8, 4) is 5.75 Å². The van der Waals surface area contributed by atoms with Crippen LogP contribution in [0.15, 0.2) is 39.8 Å². The van der Waals surface area contributed by atoms with Crippen LogP contribution in [-0.4, -0.2) is 42.5 Å². The van der Waals surface area contributed by atoms with Gasteiger partial charge in [0.05, 0.1) is 6.54 Å². The first kappa shape index (κ1) is 17.4. The highest BCUT2D eigenvalue weighted by molar-refractivity contribution is 7.89. The van der Waals surface area contributed by atoms with E-state index in [1.54, 1.807) is 12.1 Å². The third-order valence-corrected chi connectivity index (χ3v) is 6.25. The normalized spacial score (nSPS) is 21.4. The molecule has 1 amide bonds. The quantitative estimate of drug-likeness (QED) is 0.845. The molecule has 2 atom stereocenters. The van der Waals surface area contributed by atoms with Crippen molar-refractivity contribution in [2.75, 3.05) is 6.54 Å². The lowest BCUT2D eigenvalue weighted by atomic mass is 10.2. The van der Waals surface area contributed by atoms with Gasteiger partial charge in [-0.15, -0.1) is 0 Å². The van der Waals surface area contributed by atoms with E-state index in [0.29, 0.717) is 5.75 Å². The third-order valence-electron chi connectivity index (χ3n) is 4.13. The number of ether oxygens (including phenoxy) is 1. The molecule has 3 rings (SSSR count). The zero-order valence-corrected chi connectivity index (χ0v) is 14.7. The van der Waals surface area contributed by atoms with Crippen LogP contribution in [0, 0.1) is 13.8 Å². The lowest BCUT2D eigenvalue weighted by Crippen LogP contribution is -2.43. The molecular weight excluding hydrogens is 346 g/mol. The van der Waals surface area contributed by atoms with Crippen LogP contribution >= 0.6 is 0 Å². The summed E-state index contributed by atoms with van der Waals surface area (Å²) >= 11 is 0. The van der Waals surface area contributed by atoms with Crippen molar-refractivity contribution < 1.29 is 22.5 Å². The van der Waals surface area contributed by atoms with E-state index in [4.69, 9.17) is 15.0 Å². The largest absolute Gasteiger partial charge is 0.489 e. The number of nitrogens with two attached hydrogens (primary N) is 1. The van der Waals surface area contributed by atoms with Crippen molar-refractivity contribution in [2.24, 2.45) is 5.73 Å². The van der Waals surface area contributed by atoms with Gasteiger partial charge in [0.2, 0.25) is 15.9 Å². The Morgan fingerprint density at radius 1 is 1.32 bits per heavy atom. The Morgan fingerprint density at radius 3 is 2.56 bits per heavy atom. The van der Waals surface area contributed by atoms with E-state index in [1.807, 2.05) is 18.2 Å². The zero-order valence-electron chi connectivity index (χ0n) is 13.9. The van der Waals surface area contributed by atoms with Gasteiger partial charge in [0.15, 0.2) is 5.76 Å². The summed E-state index contributed by atoms with van der Waals surface area (Å²) in [6, 6.07) is 8.03. The Kier molecular flexibility index (Phi) is 4.53. The number of carbonyl (C=O) groups excluding carboxylic acids is 1. The summed E-state index contributed by atoms with van der Waals surface area (Å²) in [4.78, 5) is 11.8. The SMILES string of the molecule is Cc1noc(C)c1S(=O)(=O)N1CC(Oc2ccccc2)CC1C(N)=O. The molecule has 1 aliphatic heterocycles. The van der Waals surface area contributed by atoms with Crippen LogP contribution in [0.2, 0.25) is 0 Å². The minimum absolute atomic E-state index is 0.0227. The van der Waals surface area contributed by atoms with Crippen LogP contribution in [0.25, 0.3) is 0 Å². The highest BCUT2D eigenvalue weighted by Gasteiger charge is 2.45. The monoisotopic (exact) mass is 365 g/mol. The molecule has 25 heavy (non-hydrogen) atoms. The van der Waals surface area contributed by atoms with E-state index >= 15 is 0 Å². The predicted molar refractivity (Wildman–Crippen MR) is 88.3 cm³/mol. The Labute approximate surface area is 145 Å². The van der Waals surface area contributed by atoms with Crippen LogP contribution in [0.5, 0.6) is 5.75 Å². The Balaban J connectivity index is 1.90. The average Bonchev–Trinajstić information content (AvgIpc) is 3.13. The molecule has 0 spiro atoms. The van der Waals surface area contributed by atoms with Crippen LogP contribution in [0.1, 0.15) is 17.9 Å². The predicted octanol–water partition coefficient (Wildman–Crippen LogP) is 0.987. The molecule has 1 aliphatic rings. The maximum atomic E-state index is 13.0. The number of aryl methyl sites for hydroxylation is 2. The molecule has 1 fully saturated rings. The van der Waals surface area contributed by atoms with Crippen LogP contribution in [0.4, 0.5) is 0 Å². The first-order valence-corrected chi connectivity index (χ1v) is 9.20. The minimum Gasteiger partial charge on any atom is -0.489 e. The lowest BCUT2D eigenvalue weighted by Gasteiger charge is -2.21. The molecule has 2 unspecified atom stereocenters. The molecule has 8 nitrogen and oxygen atoms in total. The number of para-hydroxylation sites is 1. The van der Waals surface area contributed by atoms with Gasteiger partial charge in [-0.25, -0.2) is 8.42 Å². The van der Waals surface area contributed by atoms with E-state index in [-0.39, 0.29) is 29.3 Å². The topological polar surface area (TPSA) is 116 Å². The smallest absolute Gasteiger partial charge is 0.249 e. The van der Waals surface area contributed by atoms with Gasteiger partial charge in [0, 0.05) is 6.42 Å². The average molecular weight is 365 g/mol. The van der Waals surface area contributed by atoms with Crippen LogP contribution in [-0.2, 0) is 14.8 Å². The standard InChI is InChI=1S/C16H19N3O5S/c1-10-15(11(2)24-18-10)25(21,22)19-9-13(8-14(19)16(17)20)23-12-6-4-3-5-7-12/h3-7,13-14H,8-9H2,1-2H3,(H2,17,20). The maximum absolute atomic E-state index is 13.0. The van der Waals surface area contributed by atoms with Crippen molar-refractivity contribution in [1.29, 1.82) is 0 Å². The number of benzene rings is 1. The van der Waals surface area contributed by atoms with E-state index < -0.39 is 28.1 Å². The molecule has 2 aromatic rings. The summed E-state index contributed by atoms with van der Waals surface area (Å²) in [5.74, 6) is 0.0648. The first-order chi connectivity index (χ1) is 11.8. The molecular formula is C16H19N3O5S. The minimum atomic E-state index is -3.98. The number of aromatic nitrogens is 1. The molecule has 1 saturated heterocycles. The van der Waals surface area contributed by atoms with Gasteiger partial charge in [-0.05, 0) is 26.0 Å². The van der Waals surface area contributed by atoms with E-state index in [1.165, 1.54) is 13.8 Å². The van der Waals surface area contributed by atoms with Gasteiger partial charge < -0.3 is 15.0 Å². The number of hydrogen-bond acceptors (Lipinski definition) is 6. The van der Waals surface area contributed by atoms with Gasteiger partial charge in [-0.2, -0.15) is 4.31 Å². The molecule has 0 aliphatic carbocycles. The summed E-state index contributed by atoms with van der Waals surface area (Å²) in [5.41, 5.74) is 5.67. The van der Waals surface area contributed by atoms with Gasteiger partial charge in [-0.3, -0.25) is 4.79 Å². The molecule has 1 aromatic heterocycles. The molecule has 1 aromatic carbocycles. The summed E-state index contributed by atoms with van der Waals surface area (Å²) < 4.78 is 37.9. The summed E-state index contributed by atoms with van der Waals surface area (Å²) in [5, 5.41) is 3.68. The number of rotatable bonds is 5. The van der Waals surface area contributed by atoms with Crippen molar-refractivity contribution in [2.45, 2.75) is 37.3 Å². The molecule has 2 N–H and O–H groups in total. The van der Waals surface area contributed by atoms with Gasteiger partial charge in [0.25, 0.3) is 0 Å². The lowest BCUT2D eigenvalue weighted by molar-refractivity contribution is -0.121. The number of amides is 1. The number of sulfonamides is 1. The van der Waals surface area contributed by atoms with Crippen molar-refractivity contribution in [3.63, 3.8) is 0 Å². The number of nitrogens with zero attached hydrogens (tertiary/aromatic N) is 2. The van der Waals surface area contributed by atoms with Crippen LogP contribution in [0.3, 0.4) is 0 Å². The fourth-order valence-electron chi connectivity index (χ4n) is 3.03. The van der Waals surface area contributed by atoms with Gasteiger partial charge >= 0.3 is 0 Å². The molecule has 2 heterocycles. The maximum Gasteiger partial charge on any atom is 0.249 e. The van der Waals surface area contributed by atoms with Crippen molar-refractivity contribution in [3.05, 3.63) is 41.8 Å². The van der Waals surface area contributed by atoms with E-state index in [0.717, 1.165) is 4.31 Å². The second kappa shape index (κ2) is 6.49. The fraction of sp³-hybridized carbons (Fsp3) is 0.375.